The Morgan fingerprint density at radius 3 is 1.45 bits per heavy atom. The minimum absolute atomic E-state index is 0. The van der Waals surface area contributed by atoms with Gasteiger partial charge in [0.05, 0.1) is 22.9 Å². The van der Waals surface area contributed by atoms with E-state index in [1.807, 2.05) is 146 Å². The number of hydrogen-bond acceptors (Lipinski definition) is 7. The molecule has 0 bridgehead atoms. The van der Waals surface area contributed by atoms with Crippen LogP contribution in [0.3, 0.4) is 0 Å². The van der Waals surface area contributed by atoms with Crippen molar-refractivity contribution in [3.05, 3.63) is 326 Å². The average Bonchev–Trinajstić information content (AvgIpc) is 1.67. The molecule has 0 unspecified atom stereocenters. The maximum absolute atomic E-state index is 4.79. The molecule has 99 heavy (non-hydrogen) atoms. The summed E-state index contributed by atoms with van der Waals surface area (Å²) in [5.74, 6) is 1.75. The minimum Gasteiger partial charge on any atom is -0.367 e. The third kappa shape index (κ3) is 18.0. The van der Waals surface area contributed by atoms with Gasteiger partial charge in [-0.05, 0) is 130 Å². The molecule has 0 fully saturated rings. The van der Waals surface area contributed by atoms with Crippen LogP contribution in [0.4, 0.5) is 0 Å². The van der Waals surface area contributed by atoms with Crippen LogP contribution in [0.2, 0.25) is 0 Å². The van der Waals surface area contributed by atoms with Crippen LogP contribution < -0.4 is 0 Å². The molecule has 0 spiro atoms. The standard InChI is InChI=1S/C23H17N2.C18H17N2.C16H12N.C15H10N.C13H14N3.5Ir/c1-15-8-7-9-16(2)22(15)21-14-24-23-19-12-4-3-10-17(19)18-11-5-6-13-20(18)25(21)23;1-13-8-7-9-14(2)17(13)16-12-19-18(20(16)3)15-10-5-4-6-11-15;1-12-6-8-14(9-7-12)16-15-5-3-2-4-13(15)10-11-17-16;1-2-7-13(8-3-1)15-14-9-5-4-6-12(14)10-11-16-15;1-13(2,3)12-15-8-10(9-16-12)11-6-4-5-7-14-11;;;;;/h3-11,13-14H,1-2H3;4-10,12H,1-3H3;2-8,10-11H,1H3;1-7,9-11H;4-8H,1-3H3;;;;;/q5*-1;;;;;. The van der Waals surface area contributed by atoms with Crippen LogP contribution in [0.15, 0.2) is 262 Å². The number of aryl methyl sites for hydroxylation is 5. The van der Waals surface area contributed by atoms with Gasteiger partial charge in [-0.25, -0.2) is 0 Å². The quantitative estimate of drug-likeness (QED) is 0.121. The predicted molar refractivity (Wildman–Crippen MR) is 386 cm³/mol. The summed E-state index contributed by atoms with van der Waals surface area (Å²) >= 11 is 0. The molecule has 0 aliphatic carbocycles. The van der Waals surface area contributed by atoms with Crippen LogP contribution >= 0.6 is 0 Å². The first-order valence-corrected chi connectivity index (χ1v) is 31.4. The number of benzene rings is 9. The van der Waals surface area contributed by atoms with Crippen LogP contribution in [0, 0.1) is 65.1 Å². The van der Waals surface area contributed by atoms with Crippen molar-refractivity contribution < 1.29 is 101 Å². The number of rotatable bonds is 6. The molecule has 0 saturated carbocycles. The van der Waals surface area contributed by atoms with E-state index in [1.165, 1.54) is 76.8 Å². The summed E-state index contributed by atoms with van der Waals surface area (Å²) in [7, 11) is 2.06. The van der Waals surface area contributed by atoms with Gasteiger partial charge in [0.25, 0.3) is 0 Å². The normalized spacial score (nSPS) is 10.5. The number of para-hydroxylation sites is 1. The van der Waals surface area contributed by atoms with Crippen molar-refractivity contribution in [1.29, 1.82) is 0 Å². The summed E-state index contributed by atoms with van der Waals surface area (Å²) in [5.41, 5.74) is 20.0. The van der Waals surface area contributed by atoms with Crippen LogP contribution in [0.1, 0.15) is 54.4 Å². The van der Waals surface area contributed by atoms with E-state index in [0.717, 1.165) is 73.4 Å². The van der Waals surface area contributed by atoms with E-state index in [9.17, 15) is 0 Å². The van der Waals surface area contributed by atoms with Gasteiger partial charge in [0.1, 0.15) is 0 Å². The molecule has 16 rings (SSSR count). The number of imidazole rings is 2. The fourth-order valence-corrected chi connectivity index (χ4v) is 11.7. The van der Waals surface area contributed by atoms with Crippen LogP contribution in [0.5, 0.6) is 0 Å². The Balaban J connectivity index is 0.000000174. The zero-order valence-corrected chi connectivity index (χ0v) is 68.0. The van der Waals surface area contributed by atoms with Crippen molar-refractivity contribution >= 4 is 48.9 Å². The Hall–Kier alpha value is -8.30. The number of fused-ring (bicyclic) bond motifs is 8. The molecule has 14 heteroatoms. The first-order chi connectivity index (χ1) is 45.8. The van der Waals surface area contributed by atoms with Gasteiger partial charge in [0.15, 0.2) is 0 Å². The monoisotopic (exact) mass is 2180 g/mol. The third-order valence-electron chi connectivity index (χ3n) is 16.4. The summed E-state index contributed by atoms with van der Waals surface area (Å²) in [5, 5.41) is 8.27. The van der Waals surface area contributed by atoms with E-state index in [-0.39, 0.29) is 106 Å². The van der Waals surface area contributed by atoms with Crippen molar-refractivity contribution in [2.75, 3.05) is 0 Å². The van der Waals surface area contributed by atoms with Gasteiger partial charge in [0, 0.05) is 161 Å². The summed E-state index contributed by atoms with van der Waals surface area (Å²) < 4.78 is 4.42. The number of hydrogen-bond donors (Lipinski definition) is 0. The Bertz CT molecular complexity index is 5200. The molecule has 7 heterocycles. The molecule has 505 valence electrons. The second-order valence-corrected chi connectivity index (χ2v) is 24.1. The molecular weight excluding hydrogens is 2110 g/mol. The zero-order chi connectivity index (χ0) is 65.1. The molecule has 0 aliphatic rings. The number of pyridine rings is 4. The van der Waals surface area contributed by atoms with Crippen molar-refractivity contribution in [3.8, 4) is 67.7 Å². The molecule has 9 nitrogen and oxygen atoms in total. The van der Waals surface area contributed by atoms with Crippen molar-refractivity contribution in [2.24, 2.45) is 7.05 Å². The molecule has 0 aliphatic heterocycles. The Labute approximate surface area is 648 Å². The van der Waals surface area contributed by atoms with Gasteiger partial charge in [0.2, 0.25) is 0 Å². The van der Waals surface area contributed by atoms with Gasteiger partial charge >= 0.3 is 0 Å². The molecule has 9 aromatic carbocycles. The predicted octanol–water partition coefficient (Wildman–Crippen LogP) is 20.2. The molecule has 7 aromatic heterocycles. The van der Waals surface area contributed by atoms with Crippen LogP contribution in [0.25, 0.3) is 117 Å². The van der Waals surface area contributed by atoms with E-state index >= 15 is 0 Å². The van der Waals surface area contributed by atoms with Gasteiger partial charge < -0.3 is 33.9 Å². The average molecular weight is 2180 g/mol. The minimum atomic E-state index is -0.0425. The Morgan fingerprint density at radius 1 is 0.384 bits per heavy atom. The fraction of sp³-hybridized carbons (Fsp3) is 0.118. The maximum atomic E-state index is 4.79. The van der Waals surface area contributed by atoms with E-state index in [1.54, 1.807) is 12.4 Å². The van der Waals surface area contributed by atoms with Crippen molar-refractivity contribution in [3.63, 3.8) is 0 Å². The second kappa shape index (κ2) is 36.2. The summed E-state index contributed by atoms with van der Waals surface area (Å²) in [6.07, 6.45) is 14.2. The van der Waals surface area contributed by atoms with Crippen LogP contribution in [-0.2, 0) is 113 Å². The zero-order valence-electron chi connectivity index (χ0n) is 56.0. The van der Waals surface area contributed by atoms with Crippen LogP contribution in [-0.4, -0.2) is 43.9 Å². The number of nitrogens with zero attached hydrogens (tertiary/aromatic N) is 9. The smallest absolute Gasteiger partial charge is 0.0639 e. The topological polar surface area (TPSA) is 99.6 Å². The molecule has 16 aromatic rings. The van der Waals surface area contributed by atoms with E-state index < -0.39 is 0 Å². The second-order valence-electron chi connectivity index (χ2n) is 24.1. The first kappa shape index (κ1) is 78.0. The van der Waals surface area contributed by atoms with Gasteiger partial charge in [-0.1, -0.05) is 160 Å². The molecule has 0 saturated heterocycles. The van der Waals surface area contributed by atoms with Gasteiger partial charge in [-0.15, -0.1) is 137 Å². The molecular formula is C85H70Ir5N9-5. The van der Waals surface area contributed by atoms with Crippen molar-refractivity contribution in [2.45, 2.75) is 60.8 Å². The van der Waals surface area contributed by atoms with Gasteiger partial charge in [-0.3, -0.25) is 9.97 Å². The first-order valence-electron chi connectivity index (χ1n) is 31.4. The summed E-state index contributed by atoms with van der Waals surface area (Å²) in [4.78, 5) is 31.1. The maximum Gasteiger partial charge on any atom is 0.0639 e. The SMILES string of the molecule is CC(C)(C)c1n[c-]c(-c2ccccn2)cn1.Cc1c[c-]c(-c2nccc3ccccc23)cc1.Cc1cccc(C)c1-c1cnc(-c2[c-]cccc2)n1C.Cc1cccc(C)c1-c1cnc2c3[c-]cccc3c3ccccc3n12.[Ir].[Ir].[Ir].[Ir].[Ir].[c-]1ccccc1-c1nccc2ccccc12. The molecule has 0 amide bonds. The van der Waals surface area contributed by atoms with E-state index in [2.05, 4.69) is 235 Å². The molecule has 5 radical (unpaired) electrons. The summed E-state index contributed by atoms with van der Waals surface area (Å²) in [6.45, 7) is 16.9. The largest absolute Gasteiger partial charge is 0.367 e. The summed E-state index contributed by atoms with van der Waals surface area (Å²) in [6, 6.07) is 89.1. The van der Waals surface area contributed by atoms with Crippen molar-refractivity contribution in [1.82, 2.24) is 43.9 Å². The molecule has 0 N–H and O–H groups in total. The van der Waals surface area contributed by atoms with Gasteiger partial charge in [-0.2, -0.15) is 0 Å². The number of aromatic nitrogens is 9. The molecule has 0 atom stereocenters. The van der Waals surface area contributed by atoms with E-state index in [0.29, 0.717) is 0 Å². The van der Waals surface area contributed by atoms with E-state index in [4.69, 9.17) is 4.98 Å². The third-order valence-corrected chi connectivity index (χ3v) is 16.4. The Morgan fingerprint density at radius 2 is 0.909 bits per heavy atom. The fourth-order valence-electron chi connectivity index (χ4n) is 11.7. The Kier molecular flexibility index (Phi) is 28.5.